The number of carbonyl (C=O) groups excluding carboxylic acids is 1. The molecule has 2 aromatic rings. The van der Waals surface area contributed by atoms with Crippen LogP contribution in [0.2, 0.25) is 0 Å². The first-order valence-corrected chi connectivity index (χ1v) is 8.97. The van der Waals surface area contributed by atoms with Crippen LogP contribution in [0.1, 0.15) is 5.56 Å². The average Bonchev–Trinajstić information content (AvgIpc) is 2.72. The summed E-state index contributed by atoms with van der Waals surface area (Å²) in [6.07, 6.45) is -0.0130. The number of methoxy groups -OCH3 is 3. The molecule has 7 heteroatoms. The summed E-state index contributed by atoms with van der Waals surface area (Å²) in [5, 5.41) is 0. The predicted octanol–water partition coefficient (Wildman–Crippen LogP) is 2.55. The SMILES string of the molecule is COc1cc(CC(=O)N(C)C[C@@H]2COc3ccccc3O2)cc(OC)c1OC. The van der Waals surface area contributed by atoms with E-state index in [2.05, 4.69) is 0 Å². The van der Waals surface area contributed by atoms with Gasteiger partial charge in [-0.3, -0.25) is 4.79 Å². The number of fused-ring (bicyclic) bond motifs is 1. The highest BCUT2D eigenvalue weighted by atomic mass is 16.6. The van der Waals surface area contributed by atoms with Crippen LogP contribution in [0.3, 0.4) is 0 Å². The highest BCUT2D eigenvalue weighted by Gasteiger charge is 2.24. The molecule has 0 radical (unpaired) electrons. The minimum Gasteiger partial charge on any atom is -0.493 e. The van der Waals surface area contributed by atoms with Gasteiger partial charge in [0.25, 0.3) is 0 Å². The fourth-order valence-electron chi connectivity index (χ4n) is 3.11. The number of amides is 1. The lowest BCUT2D eigenvalue weighted by Gasteiger charge is -2.29. The molecule has 0 saturated heterocycles. The number of hydrogen-bond donors (Lipinski definition) is 0. The van der Waals surface area contributed by atoms with Gasteiger partial charge >= 0.3 is 0 Å². The Labute approximate surface area is 164 Å². The number of likely N-dealkylation sites (N-methyl/N-ethyl adjacent to an activating group) is 1. The van der Waals surface area contributed by atoms with Gasteiger partial charge in [-0.2, -0.15) is 0 Å². The smallest absolute Gasteiger partial charge is 0.226 e. The number of rotatable bonds is 7. The van der Waals surface area contributed by atoms with Crippen molar-refractivity contribution in [2.24, 2.45) is 0 Å². The van der Waals surface area contributed by atoms with Crippen LogP contribution >= 0.6 is 0 Å². The Morgan fingerprint density at radius 3 is 2.32 bits per heavy atom. The number of para-hydroxylation sites is 2. The fraction of sp³-hybridized carbons (Fsp3) is 0.381. The van der Waals surface area contributed by atoms with Crippen LogP contribution in [0.4, 0.5) is 0 Å². The van der Waals surface area contributed by atoms with Gasteiger partial charge in [-0.1, -0.05) is 12.1 Å². The minimum atomic E-state index is -0.219. The second-order valence-corrected chi connectivity index (χ2v) is 6.48. The zero-order chi connectivity index (χ0) is 20.1. The number of benzene rings is 2. The highest BCUT2D eigenvalue weighted by Crippen LogP contribution is 2.38. The van der Waals surface area contributed by atoms with Gasteiger partial charge in [-0.25, -0.2) is 0 Å². The molecule has 0 fully saturated rings. The molecule has 0 aliphatic carbocycles. The Morgan fingerprint density at radius 1 is 1.07 bits per heavy atom. The first-order chi connectivity index (χ1) is 13.5. The molecule has 0 saturated carbocycles. The number of carbonyl (C=O) groups is 1. The molecule has 1 aliphatic rings. The van der Waals surface area contributed by atoms with Crippen molar-refractivity contribution >= 4 is 5.91 Å². The summed E-state index contributed by atoms with van der Waals surface area (Å²) in [5.41, 5.74) is 0.775. The van der Waals surface area contributed by atoms with Crippen molar-refractivity contribution in [3.05, 3.63) is 42.0 Å². The van der Waals surface area contributed by atoms with Gasteiger partial charge in [-0.05, 0) is 29.8 Å². The lowest BCUT2D eigenvalue weighted by Crippen LogP contribution is -2.42. The van der Waals surface area contributed by atoms with Crippen LogP contribution in [-0.2, 0) is 11.2 Å². The third-order valence-electron chi connectivity index (χ3n) is 4.55. The standard InChI is InChI=1S/C21H25NO6/c1-22(12-15-13-27-16-7-5-6-8-17(16)28-15)20(23)11-14-9-18(24-2)21(26-4)19(10-14)25-3/h5-10,15H,11-13H2,1-4H3/t15-/m1/s1. The zero-order valence-corrected chi connectivity index (χ0v) is 16.6. The van der Waals surface area contributed by atoms with Crippen LogP contribution in [0.15, 0.2) is 36.4 Å². The summed E-state index contributed by atoms with van der Waals surface area (Å²) in [6, 6.07) is 11.1. The lowest BCUT2D eigenvalue weighted by molar-refractivity contribution is -0.130. The molecule has 0 bridgehead atoms. The Bertz CT molecular complexity index is 812. The largest absolute Gasteiger partial charge is 0.493 e. The number of hydrogen-bond acceptors (Lipinski definition) is 6. The summed E-state index contributed by atoms with van der Waals surface area (Å²) in [4.78, 5) is 14.3. The second-order valence-electron chi connectivity index (χ2n) is 6.48. The van der Waals surface area contributed by atoms with Crippen LogP contribution in [0.5, 0.6) is 28.7 Å². The van der Waals surface area contributed by atoms with E-state index in [1.165, 1.54) is 0 Å². The molecule has 1 aliphatic heterocycles. The molecule has 0 N–H and O–H groups in total. The van der Waals surface area contributed by atoms with Crippen LogP contribution in [0, 0.1) is 0 Å². The molecule has 1 heterocycles. The number of nitrogens with zero attached hydrogens (tertiary/aromatic N) is 1. The van der Waals surface area contributed by atoms with Crippen molar-refractivity contribution in [1.29, 1.82) is 0 Å². The molecule has 2 aromatic carbocycles. The molecular formula is C21H25NO6. The molecule has 0 unspecified atom stereocenters. The monoisotopic (exact) mass is 387 g/mol. The zero-order valence-electron chi connectivity index (χ0n) is 16.6. The minimum absolute atomic E-state index is 0.0447. The molecular weight excluding hydrogens is 362 g/mol. The van der Waals surface area contributed by atoms with E-state index < -0.39 is 0 Å². The average molecular weight is 387 g/mol. The van der Waals surface area contributed by atoms with E-state index in [-0.39, 0.29) is 18.4 Å². The highest BCUT2D eigenvalue weighted by molar-refractivity contribution is 5.79. The van der Waals surface area contributed by atoms with E-state index in [0.717, 1.165) is 11.3 Å². The van der Waals surface area contributed by atoms with Crippen LogP contribution in [0.25, 0.3) is 0 Å². The van der Waals surface area contributed by atoms with Gasteiger partial charge in [0.1, 0.15) is 6.61 Å². The van der Waals surface area contributed by atoms with Crippen molar-refractivity contribution in [3.63, 3.8) is 0 Å². The molecule has 3 rings (SSSR count). The van der Waals surface area contributed by atoms with Gasteiger partial charge in [0.05, 0.1) is 34.3 Å². The Kier molecular flexibility index (Phi) is 6.13. The first-order valence-electron chi connectivity index (χ1n) is 8.97. The van der Waals surface area contributed by atoms with Gasteiger partial charge in [0, 0.05) is 7.05 Å². The van der Waals surface area contributed by atoms with E-state index in [0.29, 0.717) is 36.1 Å². The van der Waals surface area contributed by atoms with Gasteiger partial charge < -0.3 is 28.6 Å². The summed E-state index contributed by atoms with van der Waals surface area (Å²) in [5.74, 6) is 2.92. The van der Waals surface area contributed by atoms with Crippen molar-refractivity contribution in [1.82, 2.24) is 4.90 Å². The van der Waals surface area contributed by atoms with Gasteiger partial charge in [-0.15, -0.1) is 0 Å². The van der Waals surface area contributed by atoms with E-state index >= 15 is 0 Å². The Balaban J connectivity index is 1.65. The summed E-state index contributed by atoms with van der Waals surface area (Å²) >= 11 is 0. The molecule has 1 atom stereocenters. The van der Waals surface area contributed by atoms with Crippen molar-refractivity contribution < 1.29 is 28.5 Å². The first kappa shape index (κ1) is 19.7. The van der Waals surface area contributed by atoms with E-state index in [4.69, 9.17) is 23.7 Å². The Morgan fingerprint density at radius 2 is 1.71 bits per heavy atom. The normalized spacial score (nSPS) is 14.9. The molecule has 1 amide bonds. The van der Waals surface area contributed by atoms with Crippen LogP contribution < -0.4 is 23.7 Å². The summed E-state index contributed by atoms with van der Waals surface area (Å²) in [7, 11) is 6.40. The maximum atomic E-state index is 12.7. The predicted molar refractivity (Wildman–Crippen MR) is 104 cm³/mol. The maximum Gasteiger partial charge on any atom is 0.226 e. The van der Waals surface area contributed by atoms with Gasteiger partial charge in [0.2, 0.25) is 11.7 Å². The van der Waals surface area contributed by atoms with Crippen molar-refractivity contribution in [2.45, 2.75) is 12.5 Å². The van der Waals surface area contributed by atoms with Gasteiger partial charge in [0.15, 0.2) is 29.1 Å². The van der Waals surface area contributed by atoms with E-state index in [1.54, 1.807) is 45.4 Å². The topological polar surface area (TPSA) is 66.5 Å². The lowest BCUT2D eigenvalue weighted by atomic mass is 10.1. The maximum absolute atomic E-state index is 12.7. The summed E-state index contributed by atoms with van der Waals surface area (Å²) < 4.78 is 27.7. The van der Waals surface area contributed by atoms with Crippen molar-refractivity contribution in [3.8, 4) is 28.7 Å². The van der Waals surface area contributed by atoms with Crippen LogP contribution in [-0.4, -0.2) is 58.4 Å². The molecule has 0 spiro atoms. The second kappa shape index (κ2) is 8.73. The number of ether oxygens (including phenoxy) is 5. The quantitative estimate of drug-likeness (QED) is 0.728. The molecule has 7 nitrogen and oxygen atoms in total. The van der Waals surface area contributed by atoms with E-state index in [9.17, 15) is 4.79 Å². The fourth-order valence-corrected chi connectivity index (χ4v) is 3.11. The third kappa shape index (κ3) is 4.24. The van der Waals surface area contributed by atoms with Crippen molar-refractivity contribution in [2.75, 3.05) is 41.5 Å². The van der Waals surface area contributed by atoms with E-state index in [1.807, 2.05) is 24.3 Å². The Hall–Kier alpha value is -3.09. The third-order valence-corrected chi connectivity index (χ3v) is 4.55. The summed E-state index contributed by atoms with van der Waals surface area (Å²) in [6.45, 7) is 0.830. The molecule has 0 aromatic heterocycles. The molecule has 150 valence electrons. The molecule has 28 heavy (non-hydrogen) atoms.